The van der Waals surface area contributed by atoms with Crippen molar-refractivity contribution in [2.45, 2.75) is 25.9 Å². The van der Waals surface area contributed by atoms with Crippen LogP contribution in [0.1, 0.15) is 19.8 Å². The lowest BCUT2D eigenvalue weighted by atomic mass is 10.0. The van der Waals surface area contributed by atoms with Gasteiger partial charge in [0.2, 0.25) is 0 Å². The highest BCUT2D eigenvalue weighted by Gasteiger charge is 2.42. The van der Waals surface area contributed by atoms with Gasteiger partial charge < -0.3 is 5.11 Å². The molecule has 1 aliphatic rings. The highest BCUT2D eigenvalue weighted by Crippen LogP contribution is 2.48. The fourth-order valence-electron chi connectivity index (χ4n) is 0.777. The van der Waals surface area contributed by atoms with Gasteiger partial charge in [0.05, 0.1) is 6.10 Å². The minimum absolute atomic E-state index is 0.196. The van der Waals surface area contributed by atoms with Gasteiger partial charge in [-0.2, -0.15) is 0 Å². The maximum atomic E-state index is 9.14. The van der Waals surface area contributed by atoms with Gasteiger partial charge in [-0.1, -0.05) is 13.0 Å². The number of aliphatic hydroxyl groups excluding tert-OH is 1. The van der Waals surface area contributed by atoms with Gasteiger partial charge in [0, 0.05) is 0 Å². The second-order valence-electron chi connectivity index (χ2n) is 2.83. The van der Waals surface area contributed by atoms with E-state index >= 15 is 0 Å². The molecule has 0 aromatic carbocycles. The van der Waals surface area contributed by atoms with E-state index in [9.17, 15) is 0 Å². The summed E-state index contributed by atoms with van der Waals surface area (Å²) < 4.78 is 0. The van der Waals surface area contributed by atoms with E-state index in [2.05, 4.69) is 13.5 Å². The normalized spacial score (nSPS) is 26.8. The fourth-order valence-corrected chi connectivity index (χ4v) is 0.777. The molecular formula is C7H12O. The summed E-state index contributed by atoms with van der Waals surface area (Å²) in [5, 5.41) is 9.14. The Morgan fingerprint density at radius 1 is 1.75 bits per heavy atom. The van der Waals surface area contributed by atoms with Crippen LogP contribution in [0.5, 0.6) is 0 Å². The summed E-state index contributed by atoms with van der Waals surface area (Å²) in [5.74, 6) is 0. The summed E-state index contributed by atoms with van der Waals surface area (Å²) in [6.07, 6.45) is 3.65. The first-order chi connectivity index (χ1) is 3.69. The molecule has 1 rings (SSSR count). The summed E-state index contributed by atoms with van der Waals surface area (Å²) in [4.78, 5) is 0. The molecule has 0 aromatic rings. The number of hydrogen-bond acceptors (Lipinski definition) is 1. The molecule has 1 N–H and O–H groups in total. The molecule has 0 aromatic heterocycles. The highest BCUT2D eigenvalue weighted by atomic mass is 16.3. The zero-order chi connectivity index (χ0) is 6.20. The summed E-state index contributed by atoms with van der Waals surface area (Å²) in [6.45, 7) is 5.60. The van der Waals surface area contributed by atoms with E-state index < -0.39 is 0 Å². The maximum absolute atomic E-state index is 9.14. The zero-order valence-corrected chi connectivity index (χ0v) is 5.22. The Hall–Kier alpha value is -0.300. The van der Waals surface area contributed by atoms with Gasteiger partial charge >= 0.3 is 0 Å². The summed E-state index contributed by atoms with van der Waals surface area (Å²) in [5.41, 5.74) is 0.196. The maximum Gasteiger partial charge on any atom is 0.0771 e. The van der Waals surface area contributed by atoms with Crippen LogP contribution in [-0.2, 0) is 0 Å². The van der Waals surface area contributed by atoms with Gasteiger partial charge in [0.15, 0.2) is 0 Å². The smallest absolute Gasteiger partial charge is 0.0771 e. The average molecular weight is 112 g/mol. The largest absolute Gasteiger partial charge is 0.388 e. The summed E-state index contributed by atoms with van der Waals surface area (Å²) in [7, 11) is 0. The van der Waals surface area contributed by atoms with Crippen LogP contribution in [0.2, 0.25) is 0 Å². The van der Waals surface area contributed by atoms with Crippen molar-refractivity contribution >= 4 is 0 Å². The Kier molecular flexibility index (Phi) is 1.16. The standard InChI is InChI=1S/C7H12O/c1-3-6(8)7(2)4-5-7/h3,6,8H,1,4-5H2,2H3. The molecule has 1 heteroatoms. The molecule has 0 saturated heterocycles. The molecule has 1 saturated carbocycles. The van der Waals surface area contributed by atoms with Crippen molar-refractivity contribution in [3.05, 3.63) is 12.7 Å². The fraction of sp³-hybridized carbons (Fsp3) is 0.714. The predicted molar refractivity (Wildman–Crippen MR) is 33.5 cm³/mol. The van der Waals surface area contributed by atoms with Crippen LogP contribution in [-0.4, -0.2) is 11.2 Å². The van der Waals surface area contributed by atoms with Gasteiger partial charge in [0.25, 0.3) is 0 Å². The lowest BCUT2D eigenvalue weighted by Gasteiger charge is -2.10. The quantitative estimate of drug-likeness (QED) is 0.534. The van der Waals surface area contributed by atoms with E-state index in [1.54, 1.807) is 6.08 Å². The average Bonchev–Trinajstić information content (AvgIpc) is 2.47. The Morgan fingerprint density at radius 2 is 2.25 bits per heavy atom. The first-order valence-electron chi connectivity index (χ1n) is 3.00. The van der Waals surface area contributed by atoms with E-state index in [-0.39, 0.29) is 11.5 Å². The molecule has 0 aliphatic heterocycles. The molecule has 1 unspecified atom stereocenters. The van der Waals surface area contributed by atoms with Crippen LogP contribution < -0.4 is 0 Å². The highest BCUT2D eigenvalue weighted by molar-refractivity contribution is 5.01. The first-order valence-corrected chi connectivity index (χ1v) is 3.00. The van der Waals surface area contributed by atoms with Crippen molar-refractivity contribution in [1.82, 2.24) is 0 Å². The Morgan fingerprint density at radius 3 is 2.38 bits per heavy atom. The zero-order valence-electron chi connectivity index (χ0n) is 5.22. The Labute approximate surface area is 50.0 Å². The molecule has 0 radical (unpaired) electrons. The van der Waals surface area contributed by atoms with Crippen LogP contribution in [0.3, 0.4) is 0 Å². The molecule has 0 bridgehead atoms. The molecule has 1 aliphatic carbocycles. The summed E-state index contributed by atoms with van der Waals surface area (Å²) in [6, 6.07) is 0. The minimum Gasteiger partial charge on any atom is -0.388 e. The van der Waals surface area contributed by atoms with Crippen LogP contribution >= 0.6 is 0 Å². The monoisotopic (exact) mass is 112 g/mol. The van der Waals surface area contributed by atoms with Gasteiger partial charge in [-0.15, -0.1) is 6.58 Å². The molecular weight excluding hydrogens is 100 g/mol. The van der Waals surface area contributed by atoms with E-state index in [0.29, 0.717) is 0 Å². The molecule has 0 spiro atoms. The molecule has 46 valence electrons. The minimum atomic E-state index is -0.275. The molecule has 0 heterocycles. The predicted octanol–water partition coefficient (Wildman–Crippen LogP) is 1.33. The SMILES string of the molecule is C=CC(O)C1(C)CC1. The lowest BCUT2D eigenvalue weighted by molar-refractivity contribution is 0.149. The van der Waals surface area contributed by atoms with Gasteiger partial charge in [0.1, 0.15) is 0 Å². The Bertz CT molecular complexity index is 103. The second kappa shape index (κ2) is 1.59. The third-order valence-corrected chi connectivity index (χ3v) is 1.98. The van der Waals surface area contributed by atoms with E-state index in [1.807, 2.05) is 0 Å². The number of aliphatic hydroxyl groups is 1. The van der Waals surface area contributed by atoms with Gasteiger partial charge in [-0.3, -0.25) is 0 Å². The second-order valence-corrected chi connectivity index (χ2v) is 2.83. The first kappa shape index (κ1) is 5.83. The lowest BCUT2D eigenvalue weighted by Crippen LogP contribution is -2.14. The van der Waals surface area contributed by atoms with Crippen LogP contribution in [0.15, 0.2) is 12.7 Å². The molecule has 0 amide bonds. The van der Waals surface area contributed by atoms with Crippen molar-refractivity contribution in [3.8, 4) is 0 Å². The van der Waals surface area contributed by atoms with Gasteiger partial charge in [-0.05, 0) is 18.3 Å². The van der Waals surface area contributed by atoms with Crippen LogP contribution in [0.25, 0.3) is 0 Å². The van der Waals surface area contributed by atoms with E-state index in [4.69, 9.17) is 5.11 Å². The topological polar surface area (TPSA) is 20.2 Å². The third-order valence-electron chi connectivity index (χ3n) is 1.98. The van der Waals surface area contributed by atoms with Crippen molar-refractivity contribution in [1.29, 1.82) is 0 Å². The van der Waals surface area contributed by atoms with E-state index in [0.717, 1.165) is 12.8 Å². The van der Waals surface area contributed by atoms with E-state index in [1.165, 1.54) is 0 Å². The van der Waals surface area contributed by atoms with Crippen molar-refractivity contribution in [2.24, 2.45) is 5.41 Å². The van der Waals surface area contributed by atoms with Gasteiger partial charge in [-0.25, -0.2) is 0 Å². The Balaban J connectivity index is 2.45. The van der Waals surface area contributed by atoms with Crippen molar-refractivity contribution in [3.63, 3.8) is 0 Å². The molecule has 8 heavy (non-hydrogen) atoms. The molecule has 1 nitrogen and oxygen atoms in total. The van der Waals surface area contributed by atoms with Crippen molar-refractivity contribution in [2.75, 3.05) is 0 Å². The number of hydrogen-bond donors (Lipinski definition) is 1. The molecule has 1 atom stereocenters. The van der Waals surface area contributed by atoms with Crippen LogP contribution in [0, 0.1) is 5.41 Å². The molecule has 1 fully saturated rings. The number of rotatable bonds is 2. The van der Waals surface area contributed by atoms with Crippen LogP contribution in [0.4, 0.5) is 0 Å². The summed E-state index contributed by atoms with van der Waals surface area (Å²) >= 11 is 0. The van der Waals surface area contributed by atoms with Crippen molar-refractivity contribution < 1.29 is 5.11 Å². The third kappa shape index (κ3) is 0.781.